The fourth-order valence-corrected chi connectivity index (χ4v) is 4.60. The maximum absolute atomic E-state index is 5.58. The molecule has 0 radical (unpaired) electrons. The van der Waals surface area contributed by atoms with Crippen LogP contribution in [0.1, 0.15) is 49.5 Å². The summed E-state index contributed by atoms with van der Waals surface area (Å²) in [7, 11) is 0. The lowest BCUT2D eigenvalue weighted by molar-refractivity contribution is 0.243. The van der Waals surface area contributed by atoms with Crippen LogP contribution in [0.5, 0.6) is 0 Å². The molecule has 3 aromatic rings. The van der Waals surface area contributed by atoms with Crippen LogP contribution in [-0.4, -0.2) is 37.4 Å². The second kappa shape index (κ2) is 6.36. The van der Waals surface area contributed by atoms with Crippen molar-refractivity contribution in [2.45, 2.75) is 50.7 Å². The monoisotopic (exact) mass is 349 g/mol. The van der Waals surface area contributed by atoms with Crippen molar-refractivity contribution >= 4 is 0 Å². The quantitative estimate of drug-likeness (QED) is 0.719. The Bertz CT molecular complexity index is 887. The average Bonchev–Trinajstić information content (AvgIpc) is 3.44. The lowest BCUT2D eigenvalue weighted by Gasteiger charge is -2.24. The third kappa shape index (κ3) is 2.56. The summed E-state index contributed by atoms with van der Waals surface area (Å²) in [6.45, 7) is 4.06. The van der Waals surface area contributed by atoms with E-state index in [4.69, 9.17) is 9.51 Å². The summed E-state index contributed by atoms with van der Waals surface area (Å²) in [6, 6.07) is 11.8. The molecular formula is C20H23N5O. The summed E-state index contributed by atoms with van der Waals surface area (Å²) in [5, 5.41) is 8.65. The molecule has 2 aliphatic heterocycles. The van der Waals surface area contributed by atoms with Crippen LogP contribution in [-0.2, 0) is 6.54 Å². The molecular weight excluding hydrogens is 326 g/mol. The summed E-state index contributed by atoms with van der Waals surface area (Å²) < 4.78 is 7.45. The van der Waals surface area contributed by atoms with Gasteiger partial charge in [-0.3, -0.25) is 9.58 Å². The van der Waals surface area contributed by atoms with E-state index in [0.29, 0.717) is 23.9 Å². The van der Waals surface area contributed by atoms with E-state index < -0.39 is 0 Å². The summed E-state index contributed by atoms with van der Waals surface area (Å²) in [4.78, 5) is 7.38. The van der Waals surface area contributed by atoms with E-state index in [1.54, 1.807) is 6.20 Å². The van der Waals surface area contributed by atoms with Crippen molar-refractivity contribution in [2.24, 2.45) is 0 Å². The smallest absolute Gasteiger partial charge is 0.261 e. The van der Waals surface area contributed by atoms with Crippen LogP contribution >= 0.6 is 0 Å². The molecule has 2 aliphatic rings. The molecule has 4 heterocycles. The van der Waals surface area contributed by atoms with E-state index in [-0.39, 0.29) is 0 Å². The van der Waals surface area contributed by atoms with Gasteiger partial charge in [0.2, 0.25) is 0 Å². The predicted octanol–water partition coefficient (Wildman–Crippen LogP) is 3.65. The Morgan fingerprint density at radius 2 is 2.12 bits per heavy atom. The fourth-order valence-electron chi connectivity index (χ4n) is 4.60. The van der Waals surface area contributed by atoms with Crippen LogP contribution < -0.4 is 0 Å². The first-order chi connectivity index (χ1) is 12.8. The Morgan fingerprint density at radius 3 is 2.92 bits per heavy atom. The van der Waals surface area contributed by atoms with E-state index in [1.807, 2.05) is 10.9 Å². The SMILES string of the molecule is CCn1cc(-c2nc([C@@H]3C[C@H](c4ccccc4)N4CCC[C@@H]34)no2)cn1. The highest BCUT2D eigenvalue weighted by Crippen LogP contribution is 2.48. The zero-order valence-electron chi connectivity index (χ0n) is 15.0. The minimum absolute atomic E-state index is 0.335. The van der Waals surface area contributed by atoms with E-state index in [0.717, 1.165) is 30.9 Å². The minimum atomic E-state index is 0.335. The van der Waals surface area contributed by atoms with Crippen LogP contribution in [0.15, 0.2) is 47.2 Å². The Labute approximate surface area is 152 Å². The van der Waals surface area contributed by atoms with Gasteiger partial charge in [0.1, 0.15) is 0 Å². The van der Waals surface area contributed by atoms with E-state index in [2.05, 4.69) is 52.4 Å². The van der Waals surface area contributed by atoms with Crippen molar-refractivity contribution < 1.29 is 4.52 Å². The lowest BCUT2D eigenvalue weighted by Crippen LogP contribution is -2.27. The number of aromatic nitrogens is 4. The molecule has 2 aromatic heterocycles. The molecule has 0 saturated carbocycles. The Balaban J connectivity index is 1.43. The van der Waals surface area contributed by atoms with Crippen LogP contribution in [0.4, 0.5) is 0 Å². The molecule has 5 rings (SSSR count). The number of aryl methyl sites for hydroxylation is 1. The molecule has 0 N–H and O–H groups in total. The van der Waals surface area contributed by atoms with Gasteiger partial charge in [-0.15, -0.1) is 0 Å². The van der Waals surface area contributed by atoms with Gasteiger partial charge in [-0.2, -0.15) is 10.1 Å². The fraction of sp³-hybridized carbons (Fsp3) is 0.450. The zero-order chi connectivity index (χ0) is 17.5. The lowest BCUT2D eigenvalue weighted by atomic mass is 9.94. The first-order valence-electron chi connectivity index (χ1n) is 9.50. The molecule has 0 unspecified atom stereocenters. The molecule has 1 aromatic carbocycles. The molecule has 3 atom stereocenters. The van der Waals surface area contributed by atoms with Crippen LogP contribution in [0.3, 0.4) is 0 Å². The summed E-state index contributed by atoms with van der Waals surface area (Å²) in [5.74, 6) is 1.76. The van der Waals surface area contributed by atoms with Gasteiger partial charge in [0.25, 0.3) is 5.89 Å². The van der Waals surface area contributed by atoms with Crippen molar-refractivity contribution in [1.82, 2.24) is 24.8 Å². The van der Waals surface area contributed by atoms with Crippen molar-refractivity contribution in [3.63, 3.8) is 0 Å². The van der Waals surface area contributed by atoms with Crippen molar-refractivity contribution in [1.29, 1.82) is 0 Å². The number of rotatable bonds is 4. The van der Waals surface area contributed by atoms with Crippen LogP contribution in [0.25, 0.3) is 11.5 Å². The van der Waals surface area contributed by atoms with Gasteiger partial charge in [-0.1, -0.05) is 35.5 Å². The average molecular weight is 349 g/mol. The van der Waals surface area contributed by atoms with Gasteiger partial charge in [0.15, 0.2) is 5.82 Å². The molecule has 0 spiro atoms. The second-order valence-electron chi connectivity index (χ2n) is 7.26. The number of benzene rings is 1. The number of hydrogen-bond donors (Lipinski definition) is 0. The van der Waals surface area contributed by atoms with Crippen molar-refractivity contribution in [2.75, 3.05) is 6.54 Å². The van der Waals surface area contributed by atoms with Crippen LogP contribution in [0, 0.1) is 0 Å². The van der Waals surface area contributed by atoms with Gasteiger partial charge in [0.05, 0.1) is 11.8 Å². The largest absolute Gasteiger partial charge is 0.334 e. The molecule has 0 aliphatic carbocycles. The number of fused-ring (bicyclic) bond motifs is 1. The third-order valence-electron chi connectivity index (χ3n) is 5.85. The van der Waals surface area contributed by atoms with E-state index in [9.17, 15) is 0 Å². The maximum Gasteiger partial charge on any atom is 0.261 e. The Hall–Kier alpha value is -2.47. The predicted molar refractivity (Wildman–Crippen MR) is 97.5 cm³/mol. The van der Waals surface area contributed by atoms with Gasteiger partial charge in [0, 0.05) is 30.7 Å². The normalized spacial score (nSPS) is 25.7. The molecule has 2 fully saturated rings. The molecule has 0 bridgehead atoms. The first-order valence-corrected chi connectivity index (χ1v) is 9.50. The van der Waals surface area contributed by atoms with Gasteiger partial charge >= 0.3 is 0 Å². The number of hydrogen-bond acceptors (Lipinski definition) is 5. The molecule has 26 heavy (non-hydrogen) atoms. The molecule has 6 heteroatoms. The van der Waals surface area contributed by atoms with E-state index in [1.165, 1.54) is 18.4 Å². The molecule has 2 saturated heterocycles. The minimum Gasteiger partial charge on any atom is -0.334 e. The zero-order valence-corrected chi connectivity index (χ0v) is 15.0. The van der Waals surface area contributed by atoms with Crippen molar-refractivity contribution in [3.8, 4) is 11.5 Å². The van der Waals surface area contributed by atoms with Gasteiger partial charge in [-0.05, 0) is 38.3 Å². The highest BCUT2D eigenvalue weighted by molar-refractivity contribution is 5.49. The Kier molecular flexibility index (Phi) is 3.85. The van der Waals surface area contributed by atoms with Gasteiger partial charge < -0.3 is 4.52 Å². The second-order valence-corrected chi connectivity index (χ2v) is 7.26. The standard InChI is InChI=1S/C20H23N5O/c1-2-24-13-15(12-21-24)20-22-19(23-26-20)16-11-18(14-7-4-3-5-8-14)25-10-6-9-17(16)25/h3-5,7-8,12-13,16-18H,2,6,9-11H2,1H3/t16-,17+,18-/m1/s1. The summed E-state index contributed by atoms with van der Waals surface area (Å²) >= 11 is 0. The maximum atomic E-state index is 5.58. The Morgan fingerprint density at radius 1 is 1.23 bits per heavy atom. The van der Waals surface area contributed by atoms with Gasteiger partial charge in [-0.25, -0.2) is 0 Å². The summed E-state index contributed by atoms with van der Waals surface area (Å²) in [5.41, 5.74) is 2.29. The molecule has 6 nitrogen and oxygen atoms in total. The highest BCUT2D eigenvalue weighted by Gasteiger charge is 2.46. The molecule has 0 amide bonds. The topological polar surface area (TPSA) is 60.0 Å². The summed E-state index contributed by atoms with van der Waals surface area (Å²) in [6.07, 6.45) is 7.27. The number of nitrogens with zero attached hydrogens (tertiary/aromatic N) is 5. The molecule has 134 valence electrons. The highest BCUT2D eigenvalue weighted by atomic mass is 16.5. The first kappa shape index (κ1) is 15.8. The van der Waals surface area contributed by atoms with Crippen molar-refractivity contribution in [3.05, 3.63) is 54.1 Å². The van der Waals surface area contributed by atoms with E-state index >= 15 is 0 Å². The third-order valence-corrected chi connectivity index (χ3v) is 5.85. The van der Waals surface area contributed by atoms with Crippen LogP contribution in [0.2, 0.25) is 0 Å².